The minimum Gasteiger partial charge on any atom is -0.340 e. The smallest absolute Gasteiger partial charge is 0.152 e. The van der Waals surface area contributed by atoms with Gasteiger partial charge in [0.2, 0.25) is 0 Å². The zero-order valence-electron chi connectivity index (χ0n) is 14.5. The van der Waals surface area contributed by atoms with Crippen LogP contribution in [0.4, 0.5) is 0 Å². The minimum atomic E-state index is 0.759. The number of hydrogen-bond donors (Lipinski definition) is 0. The number of rotatable bonds is 2. The molecular formula is C22H20ClNO. The van der Waals surface area contributed by atoms with Gasteiger partial charge < -0.3 is 4.57 Å². The summed E-state index contributed by atoms with van der Waals surface area (Å²) in [5.41, 5.74) is 7.38. The topological polar surface area (TPSA) is 22.0 Å². The summed E-state index contributed by atoms with van der Waals surface area (Å²) < 4.78 is 2.26. The Morgan fingerprint density at radius 2 is 1.80 bits per heavy atom. The molecule has 0 atom stereocenters. The van der Waals surface area contributed by atoms with Crippen LogP contribution in [-0.2, 0) is 6.54 Å². The Morgan fingerprint density at radius 1 is 1.08 bits per heavy atom. The molecule has 25 heavy (non-hydrogen) atoms. The van der Waals surface area contributed by atoms with Crippen LogP contribution in [0, 0.1) is 13.8 Å². The van der Waals surface area contributed by atoms with E-state index in [1.165, 1.54) is 11.1 Å². The predicted molar refractivity (Wildman–Crippen MR) is 105 cm³/mol. The van der Waals surface area contributed by atoms with Crippen molar-refractivity contribution in [3.8, 4) is 0 Å². The summed E-state index contributed by atoms with van der Waals surface area (Å²) in [5.74, 6) is 0. The first-order chi connectivity index (χ1) is 12.1. The van der Waals surface area contributed by atoms with Gasteiger partial charge >= 0.3 is 0 Å². The first-order valence-corrected chi connectivity index (χ1v) is 9.03. The largest absolute Gasteiger partial charge is 0.340 e. The van der Waals surface area contributed by atoms with Crippen LogP contribution < -0.4 is 0 Å². The molecule has 0 fully saturated rings. The molecule has 3 aromatic rings. The van der Waals surface area contributed by atoms with E-state index in [1.54, 1.807) is 0 Å². The van der Waals surface area contributed by atoms with Gasteiger partial charge in [-0.25, -0.2) is 0 Å². The minimum absolute atomic E-state index is 0.759. The lowest BCUT2D eigenvalue weighted by Gasteiger charge is -2.22. The number of aromatic nitrogens is 1. The summed E-state index contributed by atoms with van der Waals surface area (Å²) >= 11 is 6.93. The molecule has 0 saturated carbocycles. The van der Waals surface area contributed by atoms with Gasteiger partial charge in [0.05, 0.1) is 10.7 Å². The second-order valence-corrected chi connectivity index (χ2v) is 7.09. The van der Waals surface area contributed by atoms with E-state index in [0.29, 0.717) is 0 Å². The van der Waals surface area contributed by atoms with E-state index >= 15 is 0 Å². The molecule has 0 amide bonds. The van der Waals surface area contributed by atoms with Crippen molar-refractivity contribution in [3.05, 3.63) is 70.4 Å². The Morgan fingerprint density at radius 3 is 2.52 bits per heavy atom. The summed E-state index contributed by atoms with van der Waals surface area (Å²) in [5, 5.41) is 1.79. The van der Waals surface area contributed by atoms with Gasteiger partial charge in [-0.2, -0.15) is 0 Å². The maximum absolute atomic E-state index is 11.9. The van der Waals surface area contributed by atoms with Crippen LogP contribution in [0.25, 0.3) is 21.5 Å². The molecule has 0 bridgehead atoms. The maximum Gasteiger partial charge on any atom is 0.152 e. The summed E-state index contributed by atoms with van der Waals surface area (Å²) in [6.07, 6.45) is 2.90. The van der Waals surface area contributed by atoms with Gasteiger partial charge in [0.25, 0.3) is 0 Å². The summed E-state index contributed by atoms with van der Waals surface area (Å²) in [4.78, 5) is 11.9. The number of benzene rings is 2. The average Bonchev–Trinajstić information content (AvgIpc) is 2.95. The molecular weight excluding hydrogens is 330 g/mol. The van der Waals surface area contributed by atoms with Crippen molar-refractivity contribution in [2.45, 2.75) is 33.2 Å². The third kappa shape index (κ3) is 2.44. The number of fused-ring (bicyclic) bond motifs is 3. The fourth-order valence-electron chi connectivity index (χ4n) is 4.06. The van der Waals surface area contributed by atoms with Gasteiger partial charge in [-0.1, -0.05) is 48.0 Å². The highest BCUT2D eigenvalue weighted by Gasteiger charge is 2.26. The molecule has 2 aromatic carbocycles. The number of halogens is 1. The monoisotopic (exact) mass is 349 g/mol. The Kier molecular flexibility index (Phi) is 4.01. The highest BCUT2D eigenvalue weighted by molar-refractivity contribution is 6.53. The van der Waals surface area contributed by atoms with E-state index in [-0.39, 0.29) is 0 Å². The molecule has 0 spiro atoms. The van der Waals surface area contributed by atoms with E-state index in [4.69, 9.17) is 11.6 Å². The van der Waals surface area contributed by atoms with E-state index in [9.17, 15) is 4.79 Å². The SMILES string of the molecule is Cc1cccc(C)c1/C(Cl)=C1\CCCn2c1c(C=O)c1ccccc12. The van der Waals surface area contributed by atoms with E-state index in [1.807, 2.05) is 18.2 Å². The zero-order chi connectivity index (χ0) is 17.6. The molecule has 0 saturated heterocycles. The van der Waals surface area contributed by atoms with Crippen molar-refractivity contribution in [2.24, 2.45) is 0 Å². The molecule has 2 nitrogen and oxygen atoms in total. The number of carbonyl (C=O) groups excluding carboxylic acids is 1. The van der Waals surface area contributed by atoms with Crippen LogP contribution >= 0.6 is 11.6 Å². The summed E-state index contributed by atoms with van der Waals surface area (Å²) in [6, 6.07) is 14.3. The standard InChI is InChI=1S/C22H20ClNO/c1-14-7-5-8-15(2)20(14)21(23)17-10-6-12-24-19-11-4-3-9-16(19)18(13-25)22(17)24/h3-5,7-9,11,13H,6,10,12H2,1-2H3/b21-17-. The van der Waals surface area contributed by atoms with Crippen LogP contribution in [0.3, 0.4) is 0 Å². The quantitative estimate of drug-likeness (QED) is 0.522. The Balaban J connectivity index is 2.07. The lowest BCUT2D eigenvalue weighted by Crippen LogP contribution is -2.11. The number of nitrogens with zero attached hydrogens (tertiary/aromatic N) is 1. The summed E-state index contributed by atoms with van der Waals surface area (Å²) in [6.45, 7) is 5.10. The van der Waals surface area contributed by atoms with E-state index in [0.717, 1.165) is 64.0 Å². The number of aryl methyl sites for hydroxylation is 3. The van der Waals surface area contributed by atoms with Crippen LogP contribution in [0.15, 0.2) is 42.5 Å². The van der Waals surface area contributed by atoms with Crippen LogP contribution in [0.5, 0.6) is 0 Å². The average molecular weight is 350 g/mol. The van der Waals surface area contributed by atoms with Gasteiger partial charge in [0.15, 0.2) is 6.29 Å². The van der Waals surface area contributed by atoms with Gasteiger partial charge in [-0.05, 0) is 55.0 Å². The highest BCUT2D eigenvalue weighted by Crippen LogP contribution is 2.42. The zero-order valence-corrected chi connectivity index (χ0v) is 15.2. The predicted octanol–water partition coefficient (Wildman–Crippen LogP) is 5.97. The van der Waals surface area contributed by atoms with Gasteiger partial charge in [-0.3, -0.25) is 4.79 Å². The molecule has 1 aliphatic rings. The second-order valence-electron chi connectivity index (χ2n) is 6.71. The number of aldehydes is 1. The van der Waals surface area contributed by atoms with Gasteiger partial charge in [-0.15, -0.1) is 0 Å². The van der Waals surface area contributed by atoms with E-state index < -0.39 is 0 Å². The molecule has 1 aromatic heterocycles. The Hall–Kier alpha value is -2.32. The highest BCUT2D eigenvalue weighted by atomic mass is 35.5. The van der Waals surface area contributed by atoms with Crippen molar-refractivity contribution in [2.75, 3.05) is 0 Å². The maximum atomic E-state index is 11.9. The molecule has 0 N–H and O–H groups in total. The molecule has 1 aliphatic heterocycles. The summed E-state index contributed by atoms with van der Waals surface area (Å²) in [7, 11) is 0. The third-order valence-corrected chi connectivity index (χ3v) is 5.60. The molecule has 2 heterocycles. The Labute approximate surface area is 152 Å². The molecule has 0 unspecified atom stereocenters. The number of para-hydroxylation sites is 1. The van der Waals surface area contributed by atoms with Gasteiger partial charge in [0.1, 0.15) is 0 Å². The first kappa shape index (κ1) is 16.2. The molecule has 3 heteroatoms. The number of carbonyl (C=O) groups is 1. The fourth-order valence-corrected chi connectivity index (χ4v) is 4.55. The van der Waals surface area contributed by atoms with Crippen LogP contribution in [0.1, 0.15) is 45.6 Å². The van der Waals surface area contributed by atoms with Crippen LogP contribution in [0.2, 0.25) is 0 Å². The van der Waals surface area contributed by atoms with Crippen molar-refractivity contribution < 1.29 is 4.79 Å². The molecule has 4 rings (SSSR count). The van der Waals surface area contributed by atoms with Crippen molar-refractivity contribution >= 4 is 39.4 Å². The second kappa shape index (κ2) is 6.20. The van der Waals surface area contributed by atoms with Crippen molar-refractivity contribution in [1.29, 1.82) is 0 Å². The lowest BCUT2D eigenvalue weighted by molar-refractivity contribution is 0.112. The van der Waals surface area contributed by atoms with Crippen molar-refractivity contribution in [3.63, 3.8) is 0 Å². The molecule has 0 aliphatic carbocycles. The third-order valence-electron chi connectivity index (χ3n) is 5.19. The molecule has 126 valence electrons. The van der Waals surface area contributed by atoms with Crippen LogP contribution in [-0.4, -0.2) is 10.9 Å². The fraction of sp³-hybridized carbons (Fsp3) is 0.227. The number of hydrogen-bond acceptors (Lipinski definition) is 1. The van der Waals surface area contributed by atoms with Gasteiger partial charge in [0, 0.05) is 23.0 Å². The number of allylic oxidation sites excluding steroid dienone is 1. The first-order valence-electron chi connectivity index (χ1n) is 8.65. The van der Waals surface area contributed by atoms with Crippen molar-refractivity contribution in [1.82, 2.24) is 4.57 Å². The lowest BCUT2D eigenvalue weighted by atomic mass is 9.93. The van der Waals surface area contributed by atoms with E-state index in [2.05, 4.69) is 42.7 Å². The Bertz CT molecular complexity index is 1010. The normalized spacial score (nSPS) is 16.0. The molecule has 0 radical (unpaired) electrons.